The first-order valence-electron chi connectivity index (χ1n) is 5.65. The predicted molar refractivity (Wildman–Crippen MR) is 64.5 cm³/mol. The van der Waals surface area contributed by atoms with Gasteiger partial charge < -0.3 is 30.9 Å². The Labute approximate surface area is 110 Å². The number of ether oxygens (including phenoxy) is 1. The predicted octanol–water partition coefficient (Wildman–Crippen LogP) is -2.12. The Bertz CT molecular complexity index is 310. The SMILES string of the molecule is COCCNC(=O)CNC(=O)N[C@H](CCO)C(=O)O. The summed E-state index contributed by atoms with van der Waals surface area (Å²) in [6.07, 6.45) is -0.108. The van der Waals surface area contributed by atoms with Gasteiger partial charge in [0.25, 0.3) is 0 Å². The lowest BCUT2D eigenvalue weighted by atomic mass is 10.2. The monoisotopic (exact) mass is 277 g/mol. The molecule has 0 aromatic carbocycles. The first kappa shape index (κ1) is 17.1. The third-order valence-corrected chi connectivity index (χ3v) is 2.06. The molecule has 0 saturated heterocycles. The van der Waals surface area contributed by atoms with Crippen LogP contribution in [0.5, 0.6) is 0 Å². The molecule has 3 amide bonds. The lowest BCUT2D eigenvalue weighted by Gasteiger charge is -2.13. The lowest BCUT2D eigenvalue weighted by Crippen LogP contribution is -2.48. The van der Waals surface area contributed by atoms with Crippen LogP contribution in [0.25, 0.3) is 0 Å². The number of rotatable bonds is 9. The van der Waals surface area contributed by atoms with Gasteiger partial charge in [0.15, 0.2) is 0 Å². The molecule has 0 aromatic rings. The number of nitrogens with one attached hydrogen (secondary N) is 3. The Morgan fingerprint density at radius 2 is 1.95 bits per heavy atom. The molecular weight excluding hydrogens is 258 g/mol. The lowest BCUT2D eigenvalue weighted by molar-refractivity contribution is -0.139. The molecule has 5 N–H and O–H groups in total. The number of carboxylic acids is 1. The largest absolute Gasteiger partial charge is 0.480 e. The molecule has 0 aliphatic heterocycles. The van der Waals surface area contributed by atoms with Gasteiger partial charge in [-0.3, -0.25) is 4.79 Å². The van der Waals surface area contributed by atoms with Gasteiger partial charge in [-0.15, -0.1) is 0 Å². The van der Waals surface area contributed by atoms with E-state index in [1.54, 1.807) is 0 Å². The molecule has 19 heavy (non-hydrogen) atoms. The van der Waals surface area contributed by atoms with Crippen molar-refractivity contribution < 1.29 is 29.3 Å². The zero-order valence-corrected chi connectivity index (χ0v) is 10.6. The first-order chi connectivity index (χ1) is 9.01. The summed E-state index contributed by atoms with van der Waals surface area (Å²) in [5, 5.41) is 24.2. The van der Waals surface area contributed by atoms with E-state index < -0.39 is 23.9 Å². The van der Waals surface area contributed by atoms with E-state index in [9.17, 15) is 14.4 Å². The van der Waals surface area contributed by atoms with Crippen LogP contribution in [-0.2, 0) is 14.3 Å². The van der Waals surface area contributed by atoms with E-state index in [4.69, 9.17) is 14.9 Å². The van der Waals surface area contributed by atoms with E-state index in [0.717, 1.165) is 0 Å². The summed E-state index contributed by atoms with van der Waals surface area (Å²) in [4.78, 5) is 33.2. The molecule has 0 aliphatic rings. The van der Waals surface area contributed by atoms with Crippen LogP contribution in [0, 0.1) is 0 Å². The maximum Gasteiger partial charge on any atom is 0.326 e. The molecular formula is C10H19N3O6. The second-order valence-corrected chi connectivity index (χ2v) is 3.57. The fraction of sp³-hybridized carbons (Fsp3) is 0.700. The Morgan fingerprint density at radius 1 is 1.26 bits per heavy atom. The van der Waals surface area contributed by atoms with Gasteiger partial charge in [0.05, 0.1) is 13.2 Å². The van der Waals surface area contributed by atoms with Crippen LogP contribution in [-0.4, -0.2) is 67.6 Å². The van der Waals surface area contributed by atoms with Crippen molar-refractivity contribution >= 4 is 17.9 Å². The van der Waals surface area contributed by atoms with Crippen LogP contribution in [0.3, 0.4) is 0 Å². The average Bonchev–Trinajstić information content (AvgIpc) is 2.36. The van der Waals surface area contributed by atoms with Crippen molar-refractivity contribution in [3.05, 3.63) is 0 Å². The van der Waals surface area contributed by atoms with Crippen molar-refractivity contribution in [3.8, 4) is 0 Å². The van der Waals surface area contributed by atoms with Crippen LogP contribution in [0.2, 0.25) is 0 Å². The number of aliphatic carboxylic acids is 1. The molecule has 9 nitrogen and oxygen atoms in total. The van der Waals surface area contributed by atoms with E-state index in [1.165, 1.54) is 7.11 Å². The Balaban J connectivity index is 3.90. The molecule has 0 radical (unpaired) electrons. The second kappa shape index (κ2) is 10.1. The summed E-state index contributed by atoms with van der Waals surface area (Å²) < 4.78 is 4.72. The van der Waals surface area contributed by atoms with Crippen molar-refractivity contribution in [1.29, 1.82) is 0 Å². The third kappa shape index (κ3) is 8.80. The molecule has 0 bridgehead atoms. The number of carboxylic acid groups (broad SMARTS) is 1. The van der Waals surface area contributed by atoms with Gasteiger partial charge in [-0.05, 0) is 0 Å². The fourth-order valence-corrected chi connectivity index (χ4v) is 1.11. The summed E-state index contributed by atoms with van der Waals surface area (Å²) in [6.45, 7) is 0.0339. The van der Waals surface area contributed by atoms with Gasteiger partial charge in [0, 0.05) is 26.7 Å². The maximum atomic E-state index is 11.3. The maximum absolute atomic E-state index is 11.3. The van der Waals surface area contributed by atoms with Crippen LogP contribution < -0.4 is 16.0 Å². The molecule has 0 aliphatic carbocycles. The minimum atomic E-state index is -1.26. The number of urea groups is 1. The van der Waals surface area contributed by atoms with Crippen molar-refractivity contribution in [1.82, 2.24) is 16.0 Å². The smallest absolute Gasteiger partial charge is 0.326 e. The summed E-state index contributed by atoms with van der Waals surface area (Å²) in [7, 11) is 1.49. The average molecular weight is 277 g/mol. The number of amides is 3. The topological polar surface area (TPSA) is 137 Å². The van der Waals surface area contributed by atoms with Crippen LogP contribution >= 0.6 is 0 Å². The van der Waals surface area contributed by atoms with E-state index in [-0.39, 0.29) is 19.6 Å². The Morgan fingerprint density at radius 3 is 2.47 bits per heavy atom. The number of methoxy groups -OCH3 is 1. The van der Waals surface area contributed by atoms with E-state index >= 15 is 0 Å². The number of hydrogen-bond donors (Lipinski definition) is 5. The number of aliphatic hydroxyl groups is 1. The van der Waals surface area contributed by atoms with Crippen LogP contribution in [0.4, 0.5) is 4.79 Å². The highest BCUT2D eigenvalue weighted by atomic mass is 16.5. The van der Waals surface area contributed by atoms with Crippen molar-refractivity contribution in [2.75, 3.05) is 33.4 Å². The first-order valence-corrected chi connectivity index (χ1v) is 5.65. The number of carbonyl (C=O) groups excluding carboxylic acids is 2. The molecule has 0 aromatic heterocycles. The van der Waals surface area contributed by atoms with Gasteiger partial charge in [-0.25, -0.2) is 9.59 Å². The van der Waals surface area contributed by atoms with Crippen molar-refractivity contribution in [2.45, 2.75) is 12.5 Å². The zero-order valence-electron chi connectivity index (χ0n) is 10.6. The van der Waals surface area contributed by atoms with Gasteiger partial charge in [0.1, 0.15) is 6.04 Å². The minimum absolute atomic E-state index is 0.108. The van der Waals surface area contributed by atoms with Crippen molar-refractivity contribution in [3.63, 3.8) is 0 Å². The molecule has 0 saturated carbocycles. The van der Waals surface area contributed by atoms with Crippen LogP contribution in [0.1, 0.15) is 6.42 Å². The van der Waals surface area contributed by atoms with Crippen molar-refractivity contribution in [2.24, 2.45) is 0 Å². The Kier molecular flexibility index (Phi) is 9.10. The molecule has 0 heterocycles. The quantitative estimate of drug-likeness (QED) is 0.306. The van der Waals surface area contributed by atoms with Gasteiger partial charge in [0.2, 0.25) is 5.91 Å². The molecule has 9 heteroatoms. The summed E-state index contributed by atoms with van der Waals surface area (Å²) in [5.41, 5.74) is 0. The van der Waals surface area contributed by atoms with Gasteiger partial charge in [-0.2, -0.15) is 0 Å². The third-order valence-electron chi connectivity index (χ3n) is 2.06. The highest BCUT2D eigenvalue weighted by molar-refractivity contribution is 5.86. The summed E-state index contributed by atoms with van der Waals surface area (Å²) in [5.74, 6) is -1.67. The number of hydrogen-bond acceptors (Lipinski definition) is 5. The molecule has 0 fully saturated rings. The highest BCUT2D eigenvalue weighted by Gasteiger charge is 2.19. The fourth-order valence-electron chi connectivity index (χ4n) is 1.11. The summed E-state index contributed by atoms with van der Waals surface area (Å²) >= 11 is 0. The second-order valence-electron chi connectivity index (χ2n) is 3.57. The summed E-state index contributed by atoms with van der Waals surface area (Å²) in [6, 6.07) is -1.98. The normalized spacial score (nSPS) is 11.5. The van der Waals surface area contributed by atoms with Crippen LogP contribution in [0.15, 0.2) is 0 Å². The molecule has 110 valence electrons. The minimum Gasteiger partial charge on any atom is -0.480 e. The molecule has 0 rings (SSSR count). The van der Waals surface area contributed by atoms with E-state index in [2.05, 4.69) is 16.0 Å². The molecule has 0 spiro atoms. The van der Waals surface area contributed by atoms with Gasteiger partial charge in [-0.1, -0.05) is 0 Å². The standard InChI is InChI=1S/C10H19N3O6/c1-19-5-3-11-8(15)6-12-10(18)13-7(2-4-14)9(16)17/h7,14H,2-6H2,1H3,(H,11,15)(H,16,17)(H2,12,13,18)/t7-/m1/s1. The highest BCUT2D eigenvalue weighted by Crippen LogP contribution is 1.90. The molecule has 1 atom stereocenters. The van der Waals surface area contributed by atoms with Gasteiger partial charge >= 0.3 is 12.0 Å². The van der Waals surface area contributed by atoms with E-state index in [0.29, 0.717) is 13.2 Å². The number of carbonyl (C=O) groups is 3. The Hall–Kier alpha value is -1.87. The zero-order chi connectivity index (χ0) is 14.7. The number of aliphatic hydroxyl groups excluding tert-OH is 1. The molecule has 0 unspecified atom stereocenters. The van der Waals surface area contributed by atoms with E-state index in [1.807, 2.05) is 0 Å².